The van der Waals surface area contributed by atoms with Crippen molar-refractivity contribution in [2.24, 2.45) is 5.92 Å². The van der Waals surface area contributed by atoms with Crippen LogP contribution in [0, 0.1) is 5.92 Å². The molecule has 6 heterocycles. The van der Waals surface area contributed by atoms with Crippen LogP contribution in [-0.2, 0) is 9.59 Å². The van der Waals surface area contributed by atoms with E-state index in [1.165, 1.54) is 5.69 Å². The van der Waals surface area contributed by atoms with E-state index in [0.29, 0.717) is 41.4 Å². The Morgan fingerprint density at radius 3 is 1.90 bits per heavy atom. The number of carbonyl (C=O) groups is 4. The molecule has 0 saturated carbocycles. The molecule has 6 aliphatic rings. The van der Waals surface area contributed by atoms with Crippen molar-refractivity contribution >= 4 is 57.8 Å². The van der Waals surface area contributed by atoms with E-state index in [9.17, 15) is 29.4 Å². The molecule has 0 radical (unpaired) electrons. The van der Waals surface area contributed by atoms with Crippen molar-refractivity contribution < 1.29 is 29.4 Å². The van der Waals surface area contributed by atoms with Gasteiger partial charge in [-0.1, -0.05) is 36.4 Å². The van der Waals surface area contributed by atoms with Crippen LogP contribution in [0.25, 0.3) is 11.1 Å². The monoisotopic (exact) mass is 799 g/mol. The van der Waals surface area contributed by atoms with Crippen LogP contribution >= 0.6 is 11.6 Å². The van der Waals surface area contributed by atoms with Crippen LogP contribution in [0.15, 0.2) is 91.0 Å². The summed E-state index contributed by atoms with van der Waals surface area (Å²) < 4.78 is 0. The number of alkyl halides is 1. The van der Waals surface area contributed by atoms with Gasteiger partial charge in [-0.2, -0.15) is 0 Å². The number of aromatic hydroxyl groups is 2. The lowest BCUT2D eigenvalue weighted by molar-refractivity contribution is -0.136. The molecular weight excluding hydrogens is 754 g/mol. The number of nitrogens with zero attached hydrogens (tertiary/aromatic N) is 4. The molecule has 3 atom stereocenters. The Morgan fingerprint density at radius 1 is 0.690 bits per heavy atom. The average Bonchev–Trinajstić information content (AvgIpc) is 3.49. The van der Waals surface area contributed by atoms with Gasteiger partial charge in [0.25, 0.3) is 11.8 Å². The fourth-order valence-electron chi connectivity index (χ4n) is 9.68. The maximum Gasteiger partial charge on any atom is 0.262 e. The molecule has 4 amide bonds. The Kier molecular flexibility index (Phi) is 10.2. The highest BCUT2D eigenvalue weighted by atomic mass is 35.5. The average molecular weight is 800 g/mol. The third-order valence-electron chi connectivity index (χ3n) is 12.8. The number of rotatable bonds is 10. The summed E-state index contributed by atoms with van der Waals surface area (Å²) in [6, 6.07) is 28.6. The van der Waals surface area contributed by atoms with E-state index >= 15 is 0 Å². The van der Waals surface area contributed by atoms with Gasteiger partial charge in [-0.15, -0.1) is 11.6 Å². The van der Waals surface area contributed by atoms with Gasteiger partial charge >= 0.3 is 0 Å². The lowest BCUT2D eigenvalue weighted by atomic mass is 9.84. The molecule has 0 spiro atoms. The predicted molar refractivity (Wildman–Crippen MR) is 223 cm³/mol. The number of fused-ring (bicyclic) bond motifs is 3. The largest absolute Gasteiger partial charge is 0.508 e. The van der Waals surface area contributed by atoms with Gasteiger partial charge in [-0.3, -0.25) is 34.3 Å². The van der Waals surface area contributed by atoms with Gasteiger partial charge < -0.3 is 20.0 Å². The van der Waals surface area contributed by atoms with E-state index in [4.69, 9.17) is 11.6 Å². The molecule has 3 N–H and O–H groups in total. The molecule has 5 fully saturated rings. The van der Waals surface area contributed by atoms with Crippen molar-refractivity contribution in [2.45, 2.75) is 56.7 Å². The minimum atomic E-state index is -0.969. The van der Waals surface area contributed by atoms with Crippen LogP contribution in [0.3, 0.4) is 0 Å². The summed E-state index contributed by atoms with van der Waals surface area (Å²) in [5.41, 5.74) is 7.90. The number of piperazine rings is 1. The lowest BCUT2D eigenvalue weighted by Crippen LogP contribution is -2.69. The fourth-order valence-corrected chi connectivity index (χ4v) is 9.87. The van der Waals surface area contributed by atoms with Crippen molar-refractivity contribution in [3.05, 3.63) is 119 Å². The van der Waals surface area contributed by atoms with Gasteiger partial charge in [0.2, 0.25) is 11.8 Å². The first-order chi connectivity index (χ1) is 28.1. The van der Waals surface area contributed by atoms with E-state index in [-0.39, 0.29) is 30.2 Å². The van der Waals surface area contributed by atoms with E-state index in [2.05, 4.69) is 44.3 Å². The summed E-state index contributed by atoms with van der Waals surface area (Å²) in [5, 5.41) is 22.3. The lowest BCUT2D eigenvalue weighted by Gasteiger charge is -2.58. The Labute approximate surface area is 342 Å². The van der Waals surface area contributed by atoms with Crippen molar-refractivity contribution in [3.8, 4) is 11.5 Å². The van der Waals surface area contributed by atoms with Gasteiger partial charge in [-0.05, 0) is 120 Å². The normalized spacial score (nSPS) is 22.8. The highest BCUT2D eigenvalue weighted by molar-refractivity contribution is 6.23. The smallest absolute Gasteiger partial charge is 0.262 e. The van der Waals surface area contributed by atoms with Crippen molar-refractivity contribution in [1.82, 2.24) is 15.1 Å². The van der Waals surface area contributed by atoms with Gasteiger partial charge in [0.15, 0.2) is 0 Å². The predicted octanol–water partition coefficient (Wildman–Crippen LogP) is 6.27. The van der Waals surface area contributed by atoms with E-state index in [0.717, 1.165) is 90.4 Å². The standard InChI is InChI=1S/C46H46ClN5O6/c47-20-17-38(29-3-10-36(53)11-4-29)43(31-5-12-37(54)13-6-31)30-1-7-32(8-2-30)49-21-18-28(19-22-49)25-51-34-23-35(51)27-50(26-34)33-9-14-39-40(24-33)46(58)52(45(39)57)41-15-16-42(55)48-44(41)56/h1-14,24,28,34-35,41,53-54H,15-23,25-27H2,(H,48,55,56). The Bertz CT molecular complexity index is 2270. The summed E-state index contributed by atoms with van der Waals surface area (Å²) >= 11 is 6.35. The Morgan fingerprint density at radius 2 is 1.28 bits per heavy atom. The summed E-state index contributed by atoms with van der Waals surface area (Å²) in [6.07, 6.45) is 4.27. The van der Waals surface area contributed by atoms with Crippen LogP contribution in [0.2, 0.25) is 0 Å². The number of imide groups is 2. The summed E-state index contributed by atoms with van der Waals surface area (Å²) in [5.74, 6) is -0.465. The molecule has 4 aromatic carbocycles. The quantitative estimate of drug-likeness (QED) is 0.0966. The van der Waals surface area contributed by atoms with Gasteiger partial charge in [0, 0.05) is 68.5 Å². The first kappa shape index (κ1) is 37.9. The zero-order valence-corrected chi connectivity index (χ0v) is 32.9. The molecular formula is C46H46ClN5O6. The first-order valence-electron chi connectivity index (χ1n) is 20.2. The number of benzene rings is 4. The minimum absolute atomic E-state index is 0.0961. The van der Waals surface area contributed by atoms with E-state index in [1.807, 2.05) is 30.3 Å². The SMILES string of the molecule is O=C1CCC(N2C(=O)c3ccc(N4CC5CC(C4)N5CC4CCN(c5ccc(C(=C(CCCl)c6ccc(O)cc6)c6ccc(O)cc6)cc5)CC4)cc3C2=O)C(=O)N1. The fraction of sp³-hybridized carbons (Fsp3) is 0.348. The second-order valence-electron chi connectivity index (χ2n) is 16.2. The minimum Gasteiger partial charge on any atom is -0.508 e. The van der Waals surface area contributed by atoms with Crippen molar-refractivity contribution in [2.75, 3.05) is 48.4 Å². The van der Waals surface area contributed by atoms with E-state index < -0.39 is 23.8 Å². The number of phenolic OH excluding ortho intramolecular Hbond substituents is 2. The van der Waals surface area contributed by atoms with Crippen LogP contribution < -0.4 is 15.1 Å². The van der Waals surface area contributed by atoms with Gasteiger partial charge in [-0.25, -0.2) is 0 Å². The number of hydrogen-bond acceptors (Lipinski definition) is 9. The highest BCUT2D eigenvalue weighted by Crippen LogP contribution is 2.40. The molecule has 10 rings (SSSR count). The number of amides is 4. The van der Waals surface area contributed by atoms with Crippen LogP contribution in [-0.4, -0.2) is 100 Å². The molecule has 12 heteroatoms. The maximum absolute atomic E-state index is 13.4. The molecule has 4 aromatic rings. The number of hydrogen-bond donors (Lipinski definition) is 3. The second kappa shape index (κ2) is 15.6. The van der Waals surface area contributed by atoms with Gasteiger partial charge in [0.05, 0.1) is 11.1 Å². The summed E-state index contributed by atoms with van der Waals surface area (Å²) in [7, 11) is 0. The molecule has 6 aliphatic heterocycles. The third-order valence-corrected chi connectivity index (χ3v) is 12.9. The van der Waals surface area contributed by atoms with Gasteiger partial charge in [0.1, 0.15) is 17.5 Å². The number of nitrogens with one attached hydrogen (secondary N) is 1. The highest BCUT2D eigenvalue weighted by Gasteiger charge is 2.47. The Balaban J connectivity index is 0.823. The number of halogens is 1. The molecule has 11 nitrogen and oxygen atoms in total. The van der Waals surface area contributed by atoms with Crippen molar-refractivity contribution in [1.29, 1.82) is 0 Å². The van der Waals surface area contributed by atoms with Crippen LogP contribution in [0.1, 0.15) is 75.9 Å². The number of phenols is 2. The number of piperidine rings is 3. The molecule has 2 bridgehead atoms. The molecule has 5 saturated heterocycles. The molecule has 58 heavy (non-hydrogen) atoms. The molecule has 3 unspecified atom stereocenters. The second-order valence-corrected chi connectivity index (χ2v) is 16.6. The third kappa shape index (κ3) is 7.11. The van der Waals surface area contributed by atoms with Crippen molar-refractivity contribution in [3.63, 3.8) is 0 Å². The van der Waals surface area contributed by atoms with E-state index in [1.54, 1.807) is 36.4 Å². The summed E-state index contributed by atoms with van der Waals surface area (Å²) in [6.45, 7) is 4.78. The number of allylic oxidation sites excluding steroid dienone is 1. The maximum atomic E-state index is 13.4. The first-order valence-corrected chi connectivity index (χ1v) is 20.8. The molecule has 298 valence electrons. The molecule has 0 aliphatic carbocycles. The zero-order valence-electron chi connectivity index (χ0n) is 32.1. The Hall–Kier alpha value is -5.65. The number of anilines is 2. The molecule has 0 aromatic heterocycles. The number of carbonyl (C=O) groups excluding carboxylic acids is 4. The van der Waals surface area contributed by atoms with Crippen LogP contribution in [0.5, 0.6) is 11.5 Å². The zero-order chi connectivity index (χ0) is 40.1. The topological polar surface area (TPSA) is 134 Å². The summed E-state index contributed by atoms with van der Waals surface area (Å²) in [4.78, 5) is 59.3. The van der Waals surface area contributed by atoms with Crippen LogP contribution in [0.4, 0.5) is 11.4 Å².